The van der Waals surface area contributed by atoms with Gasteiger partial charge < -0.3 is 50.7 Å². The number of aliphatic hydroxyl groups is 4. The van der Waals surface area contributed by atoms with Gasteiger partial charge >= 0.3 is 27.6 Å². The van der Waals surface area contributed by atoms with Crippen molar-refractivity contribution in [1.82, 2.24) is 6.15 Å². The minimum absolute atomic E-state index is 0. The molecular weight excluding hydrogens is 824 g/mol. The number of carbonyl (C=O) groups is 2. The highest BCUT2D eigenvalue weighted by Gasteiger charge is 2.54. The molecule has 4 unspecified atom stereocenters. The Labute approximate surface area is 371 Å². The van der Waals surface area contributed by atoms with Gasteiger partial charge in [0.2, 0.25) is 0 Å². The van der Waals surface area contributed by atoms with Gasteiger partial charge in [-0.3, -0.25) is 18.4 Å². The average molecular weight is 906 g/mol. The number of phosphoric acid groups is 2. The summed E-state index contributed by atoms with van der Waals surface area (Å²) in [4.78, 5) is 53.5. The topological polar surface area (TPSA) is 291 Å². The Morgan fingerprint density at radius 3 is 1.50 bits per heavy atom. The number of ether oxygens (including phenoxy) is 2. The molecule has 0 aromatic carbocycles. The molecule has 1 aliphatic carbocycles. The van der Waals surface area contributed by atoms with Gasteiger partial charge in [0.1, 0.15) is 43.2 Å². The minimum Gasteiger partial charge on any atom is -0.456 e. The summed E-state index contributed by atoms with van der Waals surface area (Å²) < 4.78 is 48.5. The summed E-state index contributed by atoms with van der Waals surface area (Å²) in [7, 11) is -10.8. The van der Waals surface area contributed by atoms with Crippen LogP contribution < -0.4 is 6.15 Å². The van der Waals surface area contributed by atoms with E-state index in [2.05, 4.69) is 94.3 Å². The molecule has 0 aromatic rings. The zero-order chi connectivity index (χ0) is 43.9. The molecule has 0 radical (unpaired) electrons. The number of hydrogen-bond acceptors (Lipinski definition) is 14. The van der Waals surface area contributed by atoms with Crippen LogP contribution in [0.5, 0.6) is 0 Å². The number of carbonyl (C=O) groups excluding carboxylic acids is 2. The van der Waals surface area contributed by atoms with Crippen LogP contribution in [0.2, 0.25) is 0 Å². The number of phosphoric ester groups is 2. The maximum Gasteiger partial charge on any atom is 0.472 e. The lowest BCUT2D eigenvalue weighted by atomic mass is 9.85. The average Bonchev–Trinajstić information content (AvgIpc) is 3.18. The zero-order valence-electron chi connectivity index (χ0n) is 33.8. The fourth-order valence-corrected chi connectivity index (χ4v) is 6.80. The SMILES string of the molecule is CC#CC#CC#CC#CC#CC#CC#CC(=O)OC[C@H](COP(=O)(O)OC1C(O)[C@@H](O)C(O)[C@@H](OP(=O)(O)O)[C@H]1O)OC(=O)CCCCCCCCCCCCCCC.N.[HH].[HH].[HH].[HH].[HH].[HH].[HH].[HH].[HH].[HH].[HH].[HH].[HH]. The number of unbranched alkanes of at least 4 members (excludes halogenated alkanes) is 12. The van der Waals surface area contributed by atoms with Crippen LogP contribution in [0.4, 0.5) is 0 Å². The lowest BCUT2D eigenvalue weighted by Gasteiger charge is -2.43. The van der Waals surface area contributed by atoms with E-state index in [1.807, 2.05) is 0 Å². The van der Waals surface area contributed by atoms with Crippen molar-refractivity contribution >= 4 is 27.6 Å². The summed E-state index contributed by atoms with van der Waals surface area (Å²) in [5.74, 6) is 31.5. The van der Waals surface area contributed by atoms with E-state index in [0.29, 0.717) is 6.42 Å². The molecule has 356 valence electrons. The minimum atomic E-state index is -5.39. The molecule has 1 fully saturated rings. The van der Waals surface area contributed by atoms with Gasteiger partial charge in [-0.05, 0) is 84.4 Å². The van der Waals surface area contributed by atoms with Crippen LogP contribution in [-0.4, -0.2) is 103 Å². The number of hydrogen-bond donors (Lipinski definition) is 8. The first-order valence-corrected chi connectivity index (χ1v) is 22.0. The Kier molecular flexibility index (Phi) is 30.4. The zero-order valence-corrected chi connectivity index (χ0v) is 35.6. The van der Waals surface area contributed by atoms with E-state index in [9.17, 15) is 44.0 Å². The summed E-state index contributed by atoms with van der Waals surface area (Å²) in [6.07, 6.45) is -1.12. The predicted octanol–water partition coefficient (Wildman–Crippen LogP) is 5.76. The fraction of sp³-hybridized carbons (Fsp3) is 0.610. The molecule has 19 heteroatoms. The molecule has 60 heavy (non-hydrogen) atoms. The van der Waals surface area contributed by atoms with Crippen LogP contribution in [0.3, 0.4) is 0 Å². The second-order valence-electron chi connectivity index (χ2n) is 12.9. The molecule has 1 aliphatic rings. The molecule has 1 saturated carbocycles. The lowest BCUT2D eigenvalue weighted by molar-refractivity contribution is -0.216. The molecule has 0 aromatic heterocycles. The van der Waals surface area contributed by atoms with Gasteiger partial charge in [0, 0.05) is 30.9 Å². The van der Waals surface area contributed by atoms with Crippen molar-refractivity contribution in [1.29, 1.82) is 0 Å². The van der Waals surface area contributed by atoms with Gasteiger partial charge in [-0.25, -0.2) is 13.9 Å². The van der Waals surface area contributed by atoms with E-state index in [1.54, 1.807) is 6.92 Å². The van der Waals surface area contributed by atoms with Crippen LogP contribution in [0.1, 0.15) is 122 Å². The third kappa shape index (κ3) is 26.9. The van der Waals surface area contributed by atoms with Crippen molar-refractivity contribution in [2.45, 2.75) is 146 Å². The Balaban J connectivity index is -0.000000207. The van der Waals surface area contributed by atoms with Crippen molar-refractivity contribution in [3.63, 3.8) is 0 Å². The van der Waals surface area contributed by atoms with Crippen LogP contribution in [0.25, 0.3) is 0 Å². The second-order valence-corrected chi connectivity index (χ2v) is 15.5. The molecule has 0 amide bonds. The lowest BCUT2D eigenvalue weighted by Crippen LogP contribution is -2.64. The highest BCUT2D eigenvalue weighted by molar-refractivity contribution is 7.47. The van der Waals surface area contributed by atoms with E-state index < -0.39 is 83.5 Å². The summed E-state index contributed by atoms with van der Waals surface area (Å²) >= 11 is 0. The van der Waals surface area contributed by atoms with Crippen molar-refractivity contribution < 1.29 is 95.4 Å². The summed E-state index contributed by atoms with van der Waals surface area (Å²) in [6.45, 7) is 2.15. The van der Waals surface area contributed by atoms with Gasteiger partial charge in [-0.1, -0.05) is 89.9 Å². The monoisotopic (exact) mass is 906 g/mol. The molecule has 10 N–H and O–H groups in total. The number of rotatable bonds is 24. The molecule has 17 nitrogen and oxygen atoms in total. The van der Waals surface area contributed by atoms with Gasteiger partial charge in [-0.2, -0.15) is 0 Å². The standard InChI is InChI=1S/C41H52O16P2.H3N.13H2/c1-3-5-7-9-11-13-15-17-19-21-23-25-27-29-34(42)53-31-33(55-35(43)30-28-26-24-22-20-18-16-14-12-10-8-6-4-2)32-54-59(51,52)57-41-38(46)36(44)37(45)40(39(41)47)56-58(48,49)50;;;;;;;;;;;;;;/h33,36-41,44-47H,4,6,8,10,12,14,16,18,20,22,24,26,28,30-32H2,1-2H3,(H,51,52)(H2,48,49,50);1H3;13*1H/t33-,36+,37?,38?,39-,40-,41?;;;;;;;;;;;;;;/m1............../s1. The van der Waals surface area contributed by atoms with Gasteiger partial charge in [0.15, 0.2) is 6.10 Å². The van der Waals surface area contributed by atoms with E-state index in [-0.39, 0.29) is 31.1 Å². The van der Waals surface area contributed by atoms with E-state index in [4.69, 9.17) is 28.3 Å². The third-order valence-electron chi connectivity index (χ3n) is 8.14. The van der Waals surface area contributed by atoms with Crippen molar-refractivity contribution in [3.05, 3.63) is 0 Å². The van der Waals surface area contributed by atoms with Gasteiger partial charge in [0.05, 0.1) is 6.61 Å². The Morgan fingerprint density at radius 1 is 0.600 bits per heavy atom. The summed E-state index contributed by atoms with van der Waals surface area (Å²) in [5, 5.41) is 41.0. The third-order valence-corrected chi connectivity index (χ3v) is 9.65. The molecule has 8 atom stereocenters. The van der Waals surface area contributed by atoms with Crippen LogP contribution >= 0.6 is 15.6 Å². The molecule has 1 rings (SSSR count). The largest absolute Gasteiger partial charge is 0.472 e. The summed E-state index contributed by atoms with van der Waals surface area (Å²) in [6, 6.07) is 0. The summed E-state index contributed by atoms with van der Waals surface area (Å²) in [5.41, 5.74) is 0. The highest BCUT2D eigenvalue weighted by Crippen LogP contribution is 2.49. The van der Waals surface area contributed by atoms with Crippen LogP contribution in [0.15, 0.2) is 0 Å². The predicted molar refractivity (Wildman–Crippen MR) is 245 cm³/mol. The second kappa shape index (κ2) is 32.6. The van der Waals surface area contributed by atoms with Gasteiger partial charge in [-0.15, -0.1) is 0 Å². The van der Waals surface area contributed by atoms with Crippen LogP contribution in [0, 0.1) is 82.9 Å². The quantitative estimate of drug-likeness (QED) is 0.0188. The first kappa shape index (κ1) is 55.9. The van der Waals surface area contributed by atoms with E-state index in [1.165, 1.54) is 44.9 Å². The molecule has 0 aliphatic heterocycles. The van der Waals surface area contributed by atoms with Gasteiger partial charge in [0.25, 0.3) is 0 Å². The molecule has 0 bridgehead atoms. The number of aliphatic hydroxyl groups excluding tert-OH is 4. The Morgan fingerprint density at radius 2 is 1.03 bits per heavy atom. The van der Waals surface area contributed by atoms with E-state index >= 15 is 0 Å². The number of esters is 2. The molecular formula is C41H81NO16P2. The molecule has 0 spiro atoms. The first-order chi connectivity index (χ1) is 28.1. The van der Waals surface area contributed by atoms with Crippen molar-refractivity contribution in [2.75, 3.05) is 13.2 Å². The molecule has 0 saturated heterocycles. The smallest absolute Gasteiger partial charge is 0.456 e. The maximum atomic E-state index is 12.9. The first-order valence-electron chi connectivity index (χ1n) is 19.0. The fourth-order valence-electron chi connectivity index (χ4n) is 5.26. The highest BCUT2D eigenvalue weighted by atomic mass is 31.2. The van der Waals surface area contributed by atoms with E-state index in [0.717, 1.165) is 32.1 Å². The van der Waals surface area contributed by atoms with Crippen molar-refractivity contribution in [3.8, 4) is 82.9 Å². The maximum absolute atomic E-state index is 12.9. The van der Waals surface area contributed by atoms with Crippen LogP contribution in [-0.2, 0) is 41.8 Å². The molecule has 0 heterocycles. The Bertz CT molecular complexity index is 1940. The normalized spacial score (nSPS) is 20.3. The van der Waals surface area contributed by atoms with Crippen molar-refractivity contribution in [2.24, 2.45) is 0 Å². The Hall–Kier alpha value is -4.12.